The molecule has 1 atom stereocenters. The molecule has 1 fully saturated rings. The first-order valence-corrected chi connectivity index (χ1v) is 9.21. The Kier molecular flexibility index (Phi) is 5.66. The van der Waals surface area contributed by atoms with Gasteiger partial charge in [-0.1, -0.05) is 13.8 Å². The van der Waals surface area contributed by atoms with Gasteiger partial charge in [0, 0.05) is 24.4 Å². The molecule has 2 rings (SSSR count). The average Bonchev–Trinajstić information content (AvgIpc) is 3.06. The number of aryl methyl sites for hydroxylation is 1. The molecule has 1 N–H and O–H groups in total. The highest BCUT2D eigenvalue weighted by atomic mass is 79.9. The fourth-order valence-electron chi connectivity index (χ4n) is 3.00. The largest absolute Gasteiger partial charge is 0.481 e. The lowest BCUT2D eigenvalue weighted by Crippen LogP contribution is -2.40. The molecule has 0 aromatic carbocycles. The summed E-state index contributed by atoms with van der Waals surface area (Å²) in [4.78, 5) is 26.9. The van der Waals surface area contributed by atoms with Crippen LogP contribution in [0.15, 0.2) is 15.9 Å². The van der Waals surface area contributed by atoms with Gasteiger partial charge in [0.05, 0.1) is 9.20 Å². The molecule has 1 aliphatic rings. The normalized spacial score (nSPS) is 21.5. The number of thiophene rings is 1. The van der Waals surface area contributed by atoms with Crippen molar-refractivity contribution in [2.24, 2.45) is 11.3 Å². The molecular weight excluding hydrogens is 366 g/mol. The molecule has 0 saturated carbocycles. The summed E-state index contributed by atoms with van der Waals surface area (Å²) in [5, 5.41) is 9.52. The molecule has 6 heteroatoms. The molecule has 1 aliphatic heterocycles. The van der Waals surface area contributed by atoms with E-state index in [4.69, 9.17) is 0 Å². The zero-order chi connectivity index (χ0) is 16.3. The number of hydrogen-bond donors (Lipinski definition) is 1. The predicted molar refractivity (Wildman–Crippen MR) is 91.1 cm³/mol. The number of aliphatic carboxylic acids is 1. The van der Waals surface area contributed by atoms with E-state index in [0.717, 1.165) is 16.6 Å². The molecule has 2 heterocycles. The molecule has 1 amide bonds. The minimum absolute atomic E-state index is 0.0336. The van der Waals surface area contributed by atoms with Crippen LogP contribution in [-0.2, 0) is 16.0 Å². The lowest BCUT2D eigenvalue weighted by atomic mass is 9.76. The van der Waals surface area contributed by atoms with Crippen molar-refractivity contribution in [2.75, 3.05) is 13.1 Å². The van der Waals surface area contributed by atoms with Crippen molar-refractivity contribution >= 4 is 39.1 Å². The quantitative estimate of drug-likeness (QED) is 0.807. The number of amides is 1. The van der Waals surface area contributed by atoms with Crippen LogP contribution in [-0.4, -0.2) is 35.0 Å². The Labute approximate surface area is 143 Å². The highest BCUT2D eigenvalue weighted by molar-refractivity contribution is 9.11. The van der Waals surface area contributed by atoms with Gasteiger partial charge in [0.1, 0.15) is 0 Å². The van der Waals surface area contributed by atoms with Gasteiger partial charge >= 0.3 is 5.97 Å². The number of halogens is 1. The van der Waals surface area contributed by atoms with Crippen LogP contribution in [0.5, 0.6) is 0 Å². The molecule has 0 aliphatic carbocycles. The number of likely N-dealkylation sites (tertiary alicyclic amines) is 1. The maximum absolute atomic E-state index is 12.3. The molecule has 1 unspecified atom stereocenters. The van der Waals surface area contributed by atoms with E-state index in [1.165, 1.54) is 4.88 Å². The summed E-state index contributed by atoms with van der Waals surface area (Å²) in [6, 6.07) is 4.09. The van der Waals surface area contributed by atoms with Gasteiger partial charge in [-0.05, 0) is 53.2 Å². The molecule has 0 radical (unpaired) electrons. The molecule has 22 heavy (non-hydrogen) atoms. The summed E-state index contributed by atoms with van der Waals surface area (Å²) in [6.45, 7) is 4.77. The van der Waals surface area contributed by atoms with Crippen LogP contribution in [0.25, 0.3) is 0 Å². The van der Waals surface area contributed by atoms with Crippen molar-refractivity contribution < 1.29 is 14.7 Å². The maximum Gasteiger partial charge on any atom is 0.311 e. The standard InChI is InChI=1S/C16H22BrNO3S/c1-11(2)16(15(20)21)8-9-18(10-16)14(19)5-3-4-12-6-7-13(17)22-12/h6-7,11H,3-5,8-10H2,1-2H3,(H,20,21). The van der Waals surface area contributed by atoms with Gasteiger partial charge in [0.25, 0.3) is 0 Å². The Morgan fingerprint density at radius 2 is 2.18 bits per heavy atom. The third-order valence-corrected chi connectivity index (χ3v) is 6.31. The molecule has 1 aromatic heterocycles. The predicted octanol–water partition coefficient (Wildman–Crippen LogP) is 3.79. The van der Waals surface area contributed by atoms with Crippen molar-refractivity contribution in [1.82, 2.24) is 4.90 Å². The highest BCUT2D eigenvalue weighted by Crippen LogP contribution is 2.38. The van der Waals surface area contributed by atoms with Gasteiger partial charge in [0.2, 0.25) is 5.91 Å². The van der Waals surface area contributed by atoms with Crippen molar-refractivity contribution in [3.05, 3.63) is 20.8 Å². The third-order valence-electron chi connectivity index (χ3n) is 4.63. The van der Waals surface area contributed by atoms with E-state index in [1.54, 1.807) is 16.2 Å². The molecular formula is C16H22BrNO3S. The van der Waals surface area contributed by atoms with Crippen LogP contribution < -0.4 is 0 Å². The number of carbonyl (C=O) groups is 2. The molecule has 0 spiro atoms. The summed E-state index contributed by atoms with van der Waals surface area (Å²) in [7, 11) is 0. The molecule has 122 valence electrons. The molecule has 1 saturated heterocycles. The average molecular weight is 388 g/mol. The lowest BCUT2D eigenvalue weighted by Gasteiger charge is -2.28. The van der Waals surface area contributed by atoms with E-state index in [2.05, 4.69) is 22.0 Å². The van der Waals surface area contributed by atoms with Gasteiger partial charge in [-0.15, -0.1) is 11.3 Å². The first-order chi connectivity index (χ1) is 10.3. The van der Waals surface area contributed by atoms with Crippen LogP contribution in [0.3, 0.4) is 0 Å². The SMILES string of the molecule is CC(C)C1(C(=O)O)CCN(C(=O)CCCc2ccc(Br)s2)C1. The van der Waals surface area contributed by atoms with E-state index in [0.29, 0.717) is 25.9 Å². The molecule has 0 bridgehead atoms. The topological polar surface area (TPSA) is 57.6 Å². The van der Waals surface area contributed by atoms with Gasteiger partial charge in [-0.2, -0.15) is 0 Å². The van der Waals surface area contributed by atoms with Crippen LogP contribution in [0.2, 0.25) is 0 Å². The second-order valence-electron chi connectivity index (χ2n) is 6.24. The Morgan fingerprint density at radius 3 is 2.68 bits per heavy atom. The van der Waals surface area contributed by atoms with E-state index < -0.39 is 11.4 Å². The van der Waals surface area contributed by atoms with Gasteiger partial charge < -0.3 is 10.0 Å². The van der Waals surface area contributed by atoms with E-state index in [-0.39, 0.29) is 11.8 Å². The Hall–Kier alpha value is -0.880. The zero-order valence-corrected chi connectivity index (χ0v) is 15.4. The monoisotopic (exact) mass is 387 g/mol. The number of nitrogens with zero attached hydrogens (tertiary/aromatic N) is 1. The highest BCUT2D eigenvalue weighted by Gasteiger charge is 2.48. The summed E-state index contributed by atoms with van der Waals surface area (Å²) in [6.07, 6.45) is 2.75. The number of carbonyl (C=O) groups excluding carboxylic acids is 1. The number of carboxylic acids is 1. The van der Waals surface area contributed by atoms with Crippen LogP contribution in [0.1, 0.15) is 38.0 Å². The number of hydrogen-bond acceptors (Lipinski definition) is 3. The van der Waals surface area contributed by atoms with Crippen LogP contribution in [0, 0.1) is 11.3 Å². The van der Waals surface area contributed by atoms with Crippen molar-refractivity contribution in [1.29, 1.82) is 0 Å². The number of carboxylic acid groups (broad SMARTS) is 1. The number of rotatable bonds is 6. The third kappa shape index (κ3) is 3.71. The summed E-state index contributed by atoms with van der Waals surface area (Å²) < 4.78 is 1.11. The van der Waals surface area contributed by atoms with Gasteiger partial charge in [0.15, 0.2) is 0 Å². The van der Waals surface area contributed by atoms with E-state index in [9.17, 15) is 14.7 Å². The summed E-state index contributed by atoms with van der Waals surface area (Å²) in [5.74, 6) is -0.660. The second-order valence-corrected chi connectivity index (χ2v) is 8.79. The molecule has 1 aromatic rings. The lowest BCUT2D eigenvalue weighted by molar-refractivity contribution is -0.151. The fraction of sp³-hybridized carbons (Fsp3) is 0.625. The van der Waals surface area contributed by atoms with Crippen LogP contribution >= 0.6 is 27.3 Å². The van der Waals surface area contributed by atoms with Crippen molar-refractivity contribution in [3.63, 3.8) is 0 Å². The van der Waals surface area contributed by atoms with Crippen LogP contribution in [0.4, 0.5) is 0 Å². The van der Waals surface area contributed by atoms with Crippen molar-refractivity contribution in [3.8, 4) is 0 Å². The smallest absolute Gasteiger partial charge is 0.311 e. The zero-order valence-electron chi connectivity index (χ0n) is 13.0. The second kappa shape index (κ2) is 7.13. The van der Waals surface area contributed by atoms with Crippen molar-refractivity contribution in [2.45, 2.75) is 39.5 Å². The fourth-order valence-corrected chi connectivity index (χ4v) is 4.52. The Bertz CT molecular complexity index is 557. The summed E-state index contributed by atoms with van der Waals surface area (Å²) in [5.41, 5.74) is -0.770. The Balaban J connectivity index is 1.85. The maximum atomic E-state index is 12.3. The molecule has 4 nitrogen and oxygen atoms in total. The minimum Gasteiger partial charge on any atom is -0.481 e. The van der Waals surface area contributed by atoms with E-state index >= 15 is 0 Å². The van der Waals surface area contributed by atoms with E-state index in [1.807, 2.05) is 19.9 Å². The first-order valence-electron chi connectivity index (χ1n) is 7.60. The Morgan fingerprint density at radius 1 is 1.45 bits per heavy atom. The summed E-state index contributed by atoms with van der Waals surface area (Å²) >= 11 is 5.13. The first kappa shape index (κ1) is 17.5. The van der Waals surface area contributed by atoms with Gasteiger partial charge in [-0.3, -0.25) is 9.59 Å². The minimum atomic E-state index is -0.777. The van der Waals surface area contributed by atoms with Gasteiger partial charge in [-0.25, -0.2) is 0 Å².